The van der Waals surface area contributed by atoms with Crippen LogP contribution in [0.4, 0.5) is 5.69 Å². The molecule has 7 heteroatoms. The molecule has 0 spiro atoms. The molecule has 0 bridgehead atoms. The van der Waals surface area contributed by atoms with Crippen LogP contribution in [0.3, 0.4) is 0 Å². The van der Waals surface area contributed by atoms with Gasteiger partial charge in [-0.1, -0.05) is 65.7 Å². The Bertz CT molecular complexity index is 1320. The SMILES string of the molecule is O=C(c1ccc(Cl)cc1Cl)N(CCCNc1cc(=O)oc2ccccc12)Cc1ccccc1. The molecule has 4 aromatic rings. The highest BCUT2D eigenvalue weighted by molar-refractivity contribution is 6.36. The normalized spacial score (nSPS) is 10.8. The molecule has 3 aromatic carbocycles. The molecule has 1 aromatic heterocycles. The predicted octanol–water partition coefficient (Wildman–Crippen LogP) is 6.24. The minimum Gasteiger partial charge on any atom is -0.423 e. The predicted molar refractivity (Wildman–Crippen MR) is 133 cm³/mol. The lowest BCUT2D eigenvalue weighted by molar-refractivity contribution is 0.0743. The number of carbonyl (C=O) groups excluding carboxylic acids is 1. The van der Waals surface area contributed by atoms with E-state index in [2.05, 4.69) is 5.32 Å². The molecule has 33 heavy (non-hydrogen) atoms. The highest BCUT2D eigenvalue weighted by atomic mass is 35.5. The molecule has 0 fully saturated rings. The number of amides is 1. The number of hydrogen-bond donors (Lipinski definition) is 1. The Balaban J connectivity index is 1.48. The quantitative estimate of drug-likeness (QED) is 0.239. The van der Waals surface area contributed by atoms with Crippen molar-refractivity contribution in [3.63, 3.8) is 0 Å². The number of benzene rings is 3. The van der Waals surface area contributed by atoms with Crippen LogP contribution >= 0.6 is 23.2 Å². The number of halogens is 2. The van der Waals surface area contributed by atoms with Crippen LogP contribution < -0.4 is 10.9 Å². The van der Waals surface area contributed by atoms with Crippen molar-refractivity contribution in [2.24, 2.45) is 0 Å². The van der Waals surface area contributed by atoms with Gasteiger partial charge in [-0.2, -0.15) is 0 Å². The van der Waals surface area contributed by atoms with Gasteiger partial charge in [0.1, 0.15) is 5.58 Å². The van der Waals surface area contributed by atoms with Gasteiger partial charge in [0.15, 0.2) is 0 Å². The summed E-state index contributed by atoms with van der Waals surface area (Å²) in [6.45, 7) is 1.52. The summed E-state index contributed by atoms with van der Waals surface area (Å²) in [5.74, 6) is -0.161. The highest BCUT2D eigenvalue weighted by Gasteiger charge is 2.19. The van der Waals surface area contributed by atoms with Gasteiger partial charge < -0.3 is 14.6 Å². The van der Waals surface area contributed by atoms with Crippen LogP contribution in [0.25, 0.3) is 11.0 Å². The number of fused-ring (bicyclic) bond motifs is 1. The zero-order chi connectivity index (χ0) is 23.2. The van der Waals surface area contributed by atoms with Gasteiger partial charge in [0.25, 0.3) is 5.91 Å². The zero-order valence-corrected chi connectivity index (χ0v) is 19.3. The molecule has 0 aliphatic rings. The summed E-state index contributed by atoms with van der Waals surface area (Å²) in [4.78, 5) is 26.9. The molecule has 5 nitrogen and oxygen atoms in total. The number of nitrogens with one attached hydrogen (secondary N) is 1. The standard InChI is InChI=1S/C26H22Cl2N2O3/c27-19-11-12-20(22(28)15-19)26(32)30(17-18-7-2-1-3-8-18)14-6-13-29-23-16-25(31)33-24-10-5-4-9-21(23)24/h1-5,7-12,15-16,29H,6,13-14,17H2. The van der Waals surface area contributed by atoms with E-state index in [1.807, 2.05) is 48.5 Å². The molecule has 4 rings (SSSR count). The lowest BCUT2D eigenvalue weighted by atomic mass is 10.1. The van der Waals surface area contributed by atoms with Crippen LogP contribution in [0.1, 0.15) is 22.3 Å². The summed E-state index contributed by atoms with van der Waals surface area (Å²) in [6, 6.07) is 23.5. The monoisotopic (exact) mass is 480 g/mol. The lowest BCUT2D eigenvalue weighted by Crippen LogP contribution is -2.32. The van der Waals surface area contributed by atoms with E-state index in [9.17, 15) is 9.59 Å². The van der Waals surface area contributed by atoms with Crippen molar-refractivity contribution in [3.8, 4) is 0 Å². The summed E-state index contributed by atoms with van der Waals surface area (Å²) in [5, 5.41) is 4.95. The van der Waals surface area contributed by atoms with E-state index >= 15 is 0 Å². The van der Waals surface area contributed by atoms with Crippen molar-refractivity contribution in [1.29, 1.82) is 0 Å². The first-order chi connectivity index (χ1) is 16.0. The molecule has 1 N–H and O–H groups in total. The third-order valence-electron chi connectivity index (χ3n) is 5.24. The van der Waals surface area contributed by atoms with Gasteiger partial charge in [-0.15, -0.1) is 0 Å². The Morgan fingerprint density at radius 2 is 1.70 bits per heavy atom. The number of carbonyl (C=O) groups is 1. The van der Waals surface area contributed by atoms with Gasteiger partial charge in [-0.3, -0.25) is 4.79 Å². The maximum atomic E-state index is 13.3. The number of para-hydroxylation sites is 1. The van der Waals surface area contributed by atoms with E-state index in [1.165, 1.54) is 6.07 Å². The Kier molecular flexibility index (Phi) is 7.33. The fraction of sp³-hybridized carbons (Fsp3) is 0.154. The van der Waals surface area contributed by atoms with Crippen LogP contribution in [-0.4, -0.2) is 23.9 Å². The van der Waals surface area contributed by atoms with Crippen molar-refractivity contribution in [2.45, 2.75) is 13.0 Å². The second kappa shape index (κ2) is 10.6. The Labute approximate surface area is 201 Å². The molecule has 0 saturated carbocycles. The van der Waals surface area contributed by atoms with Crippen LogP contribution in [0, 0.1) is 0 Å². The van der Waals surface area contributed by atoms with Gasteiger partial charge in [-0.05, 0) is 42.3 Å². The van der Waals surface area contributed by atoms with Crippen molar-refractivity contribution in [2.75, 3.05) is 18.4 Å². The van der Waals surface area contributed by atoms with Crippen molar-refractivity contribution in [1.82, 2.24) is 4.90 Å². The molecule has 0 aliphatic heterocycles. The van der Waals surface area contributed by atoms with Crippen LogP contribution in [0.15, 0.2) is 88.1 Å². The summed E-state index contributed by atoms with van der Waals surface area (Å²) in [5.41, 5.74) is 2.27. The van der Waals surface area contributed by atoms with Crippen molar-refractivity contribution < 1.29 is 9.21 Å². The topological polar surface area (TPSA) is 62.6 Å². The number of anilines is 1. The van der Waals surface area contributed by atoms with E-state index in [0.29, 0.717) is 52.9 Å². The van der Waals surface area contributed by atoms with E-state index in [-0.39, 0.29) is 5.91 Å². The number of hydrogen-bond acceptors (Lipinski definition) is 4. The molecule has 168 valence electrons. The Morgan fingerprint density at radius 3 is 2.48 bits per heavy atom. The molecule has 0 unspecified atom stereocenters. The minimum atomic E-state index is -0.408. The molecule has 1 amide bonds. The van der Waals surface area contributed by atoms with Crippen LogP contribution in [0.2, 0.25) is 10.0 Å². The molecule has 0 radical (unpaired) electrons. The molecular formula is C26H22Cl2N2O3. The third-order valence-corrected chi connectivity index (χ3v) is 5.78. The molecular weight excluding hydrogens is 459 g/mol. The molecule has 0 atom stereocenters. The van der Waals surface area contributed by atoms with Gasteiger partial charge in [0, 0.05) is 36.1 Å². The van der Waals surface area contributed by atoms with Crippen LogP contribution in [-0.2, 0) is 6.54 Å². The van der Waals surface area contributed by atoms with Gasteiger partial charge in [0.2, 0.25) is 0 Å². The number of rotatable bonds is 8. The maximum Gasteiger partial charge on any atom is 0.338 e. The second-order valence-corrected chi connectivity index (χ2v) is 8.44. The summed E-state index contributed by atoms with van der Waals surface area (Å²) in [6.07, 6.45) is 0.665. The van der Waals surface area contributed by atoms with Crippen molar-refractivity contribution in [3.05, 3.63) is 110 Å². The first-order valence-corrected chi connectivity index (χ1v) is 11.3. The molecule has 0 saturated heterocycles. The van der Waals surface area contributed by atoms with E-state index in [0.717, 1.165) is 10.9 Å². The zero-order valence-electron chi connectivity index (χ0n) is 17.8. The smallest absolute Gasteiger partial charge is 0.338 e. The number of nitrogens with zero attached hydrogens (tertiary/aromatic N) is 1. The van der Waals surface area contributed by atoms with E-state index in [1.54, 1.807) is 29.2 Å². The first-order valence-electron chi connectivity index (χ1n) is 10.6. The molecule has 1 heterocycles. The Morgan fingerprint density at radius 1 is 0.939 bits per heavy atom. The van der Waals surface area contributed by atoms with E-state index < -0.39 is 5.63 Å². The fourth-order valence-electron chi connectivity index (χ4n) is 3.64. The second-order valence-electron chi connectivity index (χ2n) is 7.59. The van der Waals surface area contributed by atoms with E-state index in [4.69, 9.17) is 27.6 Å². The average Bonchev–Trinajstić information content (AvgIpc) is 2.81. The maximum absolute atomic E-state index is 13.3. The Hall–Kier alpha value is -3.28. The average molecular weight is 481 g/mol. The lowest BCUT2D eigenvalue weighted by Gasteiger charge is -2.24. The minimum absolute atomic E-state index is 0.161. The third kappa shape index (κ3) is 5.75. The van der Waals surface area contributed by atoms with Crippen LogP contribution in [0.5, 0.6) is 0 Å². The highest BCUT2D eigenvalue weighted by Crippen LogP contribution is 2.24. The first kappa shape index (κ1) is 22.9. The summed E-state index contributed by atoms with van der Waals surface area (Å²) in [7, 11) is 0. The largest absolute Gasteiger partial charge is 0.423 e. The molecule has 0 aliphatic carbocycles. The van der Waals surface area contributed by atoms with Crippen molar-refractivity contribution >= 4 is 45.8 Å². The van der Waals surface area contributed by atoms with Gasteiger partial charge in [-0.25, -0.2) is 4.79 Å². The van der Waals surface area contributed by atoms with Gasteiger partial charge in [0.05, 0.1) is 16.3 Å². The fourth-order valence-corrected chi connectivity index (χ4v) is 4.13. The summed E-state index contributed by atoms with van der Waals surface area (Å²) >= 11 is 12.3. The van der Waals surface area contributed by atoms with Gasteiger partial charge >= 0.3 is 5.63 Å². The summed E-state index contributed by atoms with van der Waals surface area (Å²) < 4.78 is 5.24.